The molecule has 2 saturated carbocycles. The normalized spacial score (nSPS) is 15.8. The highest BCUT2D eigenvalue weighted by molar-refractivity contribution is 5.96. The Hall–Kier alpha value is -4.00. The zero-order valence-corrected chi connectivity index (χ0v) is 20.5. The van der Waals surface area contributed by atoms with Crippen molar-refractivity contribution in [3.8, 4) is 11.6 Å². The van der Waals surface area contributed by atoms with Gasteiger partial charge in [0.15, 0.2) is 0 Å². The van der Waals surface area contributed by atoms with E-state index in [0.717, 1.165) is 47.9 Å². The first-order valence-corrected chi connectivity index (χ1v) is 12.8. The maximum Gasteiger partial charge on any atom is 0.338 e. The maximum atomic E-state index is 13.3. The number of nitrogens with zero attached hydrogens (tertiary/aromatic N) is 2. The van der Waals surface area contributed by atoms with Gasteiger partial charge in [-0.05, 0) is 91.1 Å². The van der Waals surface area contributed by atoms with Crippen molar-refractivity contribution < 1.29 is 18.7 Å². The van der Waals surface area contributed by atoms with Gasteiger partial charge in [-0.1, -0.05) is 25.0 Å². The number of hydrogen-bond acceptors (Lipinski definition) is 6. The van der Waals surface area contributed by atoms with Crippen LogP contribution in [-0.4, -0.2) is 22.5 Å². The minimum absolute atomic E-state index is 0.274. The fourth-order valence-corrected chi connectivity index (χ4v) is 4.67. The third-order valence-electron chi connectivity index (χ3n) is 7.14. The summed E-state index contributed by atoms with van der Waals surface area (Å²) in [7, 11) is 0. The van der Waals surface area contributed by atoms with Crippen LogP contribution in [-0.2, 0) is 10.3 Å². The first-order valence-electron chi connectivity index (χ1n) is 12.8. The molecule has 6 nitrogen and oxygen atoms in total. The Balaban J connectivity index is 1.19. The summed E-state index contributed by atoms with van der Waals surface area (Å²) in [6.45, 7) is 0.478. The van der Waals surface area contributed by atoms with E-state index in [1.54, 1.807) is 24.5 Å². The monoisotopic (exact) mass is 497 g/mol. The second-order valence-corrected chi connectivity index (χ2v) is 9.94. The van der Waals surface area contributed by atoms with Gasteiger partial charge in [0, 0.05) is 12.4 Å². The van der Waals surface area contributed by atoms with Gasteiger partial charge in [0.05, 0.1) is 23.1 Å². The average Bonchev–Trinajstić information content (AvgIpc) is 3.85. The number of fused-ring (bicyclic) bond motifs is 1. The van der Waals surface area contributed by atoms with E-state index in [2.05, 4.69) is 15.3 Å². The van der Waals surface area contributed by atoms with Crippen LogP contribution in [0.3, 0.4) is 0 Å². The van der Waals surface area contributed by atoms with Crippen molar-refractivity contribution in [2.75, 3.05) is 11.9 Å². The Morgan fingerprint density at radius 3 is 2.41 bits per heavy atom. The summed E-state index contributed by atoms with van der Waals surface area (Å²) in [5.74, 6) is 1.80. The number of pyridine rings is 2. The highest BCUT2D eigenvalue weighted by atomic mass is 19.1. The second kappa shape index (κ2) is 9.81. The molecule has 2 aromatic heterocycles. The first-order chi connectivity index (χ1) is 18.1. The molecule has 0 aliphatic heterocycles. The van der Waals surface area contributed by atoms with E-state index in [-0.39, 0.29) is 17.3 Å². The number of benzene rings is 2. The molecule has 0 amide bonds. The zero-order chi connectivity index (χ0) is 25.2. The smallest absolute Gasteiger partial charge is 0.338 e. The number of ether oxygens (including phenoxy) is 2. The first kappa shape index (κ1) is 23.4. The highest BCUT2D eigenvalue weighted by Gasteiger charge is 2.45. The molecule has 37 heavy (non-hydrogen) atoms. The SMILES string of the molecule is O=C(OCCCC1CC1)c1ccc(C2(Nc3nccc4ccnc(Oc5ccc(F)cc5)c34)CC2)cc1. The van der Waals surface area contributed by atoms with Gasteiger partial charge in [-0.3, -0.25) is 0 Å². The number of aromatic nitrogens is 2. The molecule has 0 saturated heterocycles. The molecule has 2 aromatic carbocycles. The topological polar surface area (TPSA) is 73.3 Å². The van der Waals surface area contributed by atoms with Gasteiger partial charge in [-0.2, -0.15) is 0 Å². The number of rotatable bonds is 10. The molecule has 6 rings (SSSR count). The molecule has 2 fully saturated rings. The largest absolute Gasteiger partial charge is 0.462 e. The number of nitrogens with one attached hydrogen (secondary N) is 1. The molecule has 1 N–H and O–H groups in total. The zero-order valence-electron chi connectivity index (χ0n) is 20.5. The molecule has 4 aromatic rings. The lowest BCUT2D eigenvalue weighted by atomic mass is 10.0. The summed E-state index contributed by atoms with van der Waals surface area (Å²) < 4.78 is 24.8. The summed E-state index contributed by atoms with van der Waals surface area (Å²) in [5, 5.41) is 5.31. The number of carbonyl (C=O) groups excluding carboxylic acids is 1. The van der Waals surface area contributed by atoms with Crippen LogP contribution in [0.25, 0.3) is 10.8 Å². The number of hydrogen-bond donors (Lipinski definition) is 1. The number of anilines is 1. The van der Waals surface area contributed by atoms with E-state index in [1.807, 2.05) is 36.4 Å². The lowest BCUT2D eigenvalue weighted by Gasteiger charge is -2.21. The van der Waals surface area contributed by atoms with Crippen LogP contribution >= 0.6 is 0 Å². The van der Waals surface area contributed by atoms with E-state index in [4.69, 9.17) is 9.47 Å². The number of esters is 1. The molecule has 0 unspecified atom stereocenters. The van der Waals surface area contributed by atoms with Crippen LogP contribution in [0, 0.1) is 11.7 Å². The van der Waals surface area contributed by atoms with E-state index < -0.39 is 0 Å². The Kier molecular flexibility index (Phi) is 6.20. The van der Waals surface area contributed by atoms with E-state index in [0.29, 0.717) is 29.6 Å². The van der Waals surface area contributed by atoms with Gasteiger partial charge in [-0.25, -0.2) is 19.2 Å². The molecule has 188 valence electrons. The van der Waals surface area contributed by atoms with Crippen molar-refractivity contribution in [1.29, 1.82) is 0 Å². The van der Waals surface area contributed by atoms with Gasteiger partial charge in [0.25, 0.3) is 0 Å². The fraction of sp³-hybridized carbons (Fsp3) is 0.300. The standard InChI is InChI=1S/C30H28FN3O3/c31-24-9-11-25(12-10-24)37-28-26-21(14-18-33-28)13-17-32-27(26)34-30(15-16-30)23-7-5-22(6-8-23)29(35)36-19-1-2-20-3-4-20/h5-14,17-18,20H,1-4,15-16,19H2,(H,32,34). The van der Waals surface area contributed by atoms with Crippen LogP contribution in [0.15, 0.2) is 73.1 Å². The third kappa shape index (κ3) is 5.26. The minimum Gasteiger partial charge on any atom is -0.462 e. The maximum absolute atomic E-state index is 13.3. The van der Waals surface area contributed by atoms with Crippen molar-refractivity contribution in [2.45, 2.75) is 44.1 Å². The predicted octanol–water partition coefficient (Wildman–Crippen LogP) is 7.01. The van der Waals surface area contributed by atoms with E-state index >= 15 is 0 Å². The van der Waals surface area contributed by atoms with Crippen LogP contribution < -0.4 is 10.1 Å². The molecular formula is C30H28FN3O3. The molecule has 2 heterocycles. The van der Waals surface area contributed by atoms with E-state index in [9.17, 15) is 9.18 Å². The van der Waals surface area contributed by atoms with Crippen molar-refractivity contribution in [3.05, 3.63) is 90.0 Å². The molecule has 2 aliphatic rings. The van der Waals surface area contributed by atoms with Crippen molar-refractivity contribution in [1.82, 2.24) is 9.97 Å². The van der Waals surface area contributed by atoms with Gasteiger partial charge in [-0.15, -0.1) is 0 Å². The molecule has 0 atom stereocenters. The predicted molar refractivity (Wildman–Crippen MR) is 139 cm³/mol. The summed E-state index contributed by atoms with van der Waals surface area (Å²) in [4.78, 5) is 21.5. The minimum atomic E-state index is -0.328. The fourth-order valence-electron chi connectivity index (χ4n) is 4.67. The van der Waals surface area contributed by atoms with Gasteiger partial charge < -0.3 is 14.8 Å². The third-order valence-corrected chi connectivity index (χ3v) is 7.14. The van der Waals surface area contributed by atoms with Crippen LogP contribution in [0.2, 0.25) is 0 Å². The summed E-state index contributed by atoms with van der Waals surface area (Å²) in [5.41, 5.74) is 1.37. The number of halogens is 1. The Labute approximate surface area is 214 Å². The lowest BCUT2D eigenvalue weighted by Crippen LogP contribution is -2.20. The summed E-state index contributed by atoms with van der Waals surface area (Å²) in [6.07, 6.45) is 10.0. The molecule has 0 spiro atoms. The molecule has 2 aliphatic carbocycles. The highest BCUT2D eigenvalue weighted by Crippen LogP contribution is 2.49. The average molecular weight is 498 g/mol. The van der Waals surface area contributed by atoms with Gasteiger partial charge in [0.1, 0.15) is 17.4 Å². The Bertz CT molecular complexity index is 1410. The van der Waals surface area contributed by atoms with Crippen molar-refractivity contribution in [2.24, 2.45) is 5.92 Å². The van der Waals surface area contributed by atoms with Gasteiger partial charge in [0.2, 0.25) is 5.88 Å². The van der Waals surface area contributed by atoms with E-state index in [1.165, 1.54) is 25.0 Å². The van der Waals surface area contributed by atoms with Crippen LogP contribution in [0.1, 0.15) is 54.4 Å². The van der Waals surface area contributed by atoms with Gasteiger partial charge >= 0.3 is 5.97 Å². The Morgan fingerprint density at radius 2 is 1.70 bits per heavy atom. The van der Waals surface area contributed by atoms with Crippen molar-refractivity contribution >= 4 is 22.6 Å². The Morgan fingerprint density at radius 1 is 0.973 bits per heavy atom. The summed E-state index contributed by atoms with van der Waals surface area (Å²) in [6, 6.07) is 17.3. The van der Waals surface area contributed by atoms with Crippen LogP contribution in [0.5, 0.6) is 11.6 Å². The van der Waals surface area contributed by atoms with Crippen molar-refractivity contribution in [3.63, 3.8) is 0 Å². The second-order valence-electron chi connectivity index (χ2n) is 9.94. The molecule has 0 bridgehead atoms. The quantitative estimate of drug-likeness (QED) is 0.188. The van der Waals surface area contributed by atoms with Crippen LogP contribution in [0.4, 0.5) is 10.2 Å². The molecular weight excluding hydrogens is 469 g/mol. The number of carbonyl (C=O) groups is 1. The summed E-state index contributed by atoms with van der Waals surface area (Å²) >= 11 is 0. The molecule has 7 heteroatoms. The molecule has 0 radical (unpaired) electrons. The lowest BCUT2D eigenvalue weighted by molar-refractivity contribution is 0.0496.